The minimum Gasteiger partial charge on any atom is -0.459 e. The maximum atomic E-state index is 12.9. The fourth-order valence-electron chi connectivity index (χ4n) is 2.92. The van der Waals surface area contributed by atoms with Crippen molar-refractivity contribution in [3.8, 4) is 16.9 Å². The molecule has 0 aliphatic rings. The smallest absolute Gasteiger partial charge is 0.325 e. The average Bonchev–Trinajstić information content (AvgIpc) is 3.11. The van der Waals surface area contributed by atoms with Crippen LogP contribution in [0.1, 0.15) is 36.7 Å². The molecule has 3 aromatic rings. The van der Waals surface area contributed by atoms with E-state index in [1.54, 1.807) is 31.6 Å². The Labute approximate surface area is 170 Å². The first kappa shape index (κ1) is 20.3. The van der Waals surface area contributed by atoms with Crippen molar-refractivity contribution in [1.82, 2.24) is 15.1 Å². The van der Waals surface area contributed by atoms with E-state index in [0.717, 1.165) is 16.8 Å². The number of nitrogens with one attached hydrogen (secondary N) is 1. The largest absolute Gasteiger partial charge is 0.459 e. The van der Waals surface area contributed by atoms with Crippen LogP contribution in [-0.2, 0) is 9.53 Å². The van der Waals surface area contributed by atoms with E-state index >= 15 is 0 Å². The summed E-state index contributed by atoms with van der Waals surface area (Å²) in [5.41, 5.74) is 3.07. The molecule has 1 N–H and O–H groups in total. The van der Waals surface area contributed by atoms with Crippen LogP contribution < -0.4 is 5.32 Å². The zero-order valence-corrected chi connectivity index (χ0v) is 17.1. The SMILES string of the molecule is Cc1ccccc1-c1nn(-c2ccccc2)cc1C(=O)NCC(=O)OC(C)(C)C. The molecular weight excluding hydrogens is 366 g/mol. The van der Waals surface area contributed by atoms with E-state index in [-0.39, 0.29) is 12.5 Å². The van der Waals surface area contributed by atoms with Gasteiger partial charge < -0.3 is 10.1 Å². The molecule has 0 aliphatic carbocycles. The number of benzene rings is 2. The number of hydrogen-bond acceptors (Lipinski definition) is 4. The molecule has 0 atom stereocenters. The Bertz CT molecular complexity index is 1020. The van der Waals surface area contributed by atoms with Crippen molar-refractivity contribution in [3.05, 3.63) is 71.9 Å². The predicted molar refractivity (Wildman–Crippen MR) is 112 cm³/mol. The molecule has 2 aromatic carbocycles. The van der Waals surface area contributed by atoms with Gasteiger partial charge in [-0.1, -0.05) is 42.5 Å². The Balaban J connectivity index is 1.92. The normalized spacial score (nSPS) is 11.2. The molecule has 150 valence electrons. The van der Waals surface area contributed by atoms with E-state index in [1.807, 2.05) is 61.5 Å². The van der Waals surface area contributed by atoms with Gasteiger partial charge in [0.1, 0.15) is 17.8 Å². The van der Waals surface area contributed by atoms with Crippen molar-refractivity contribution in [2.45, 2.75) is 33.3 Å². The van der Waals surface area contributed by atoms with Crippen LogP contribution in [-0.4, -0.2) is 33.8 Å². The fourth-order valence-corrected chi connectivity index (χ4v) is 2.92. The van der Waals surface area contributed by atoms with Crippen molar-refractivity contribution in [1.29, 1.82) is 0 Å². The van der Waals surface area contributed by atoms with Crippen LogP contribution in [0.4, 0.5) is 0 Å². The highest BCUT2D eigenvalue weighted by Crippen LogP contribution is 2.26. The minimum absolute atomic E-state index is 0.208. The molecule has 0 unspecified atom stereocenters. The lowest BCUT2D eigenvalue weighted by molar-refractivity contribution is -0.153. The maximum absolute atomic E-state index is 12.9. The molecule has 0 spiro atoms. The number of hydrogen-bond donors (Lipinski definition) is 1. The molecule has 1 aromatic heterocycles. The second-order valence-corrected chi connectivity index (χ2v) is 7.76. The van der Waals surface area contributed by atoms with Crippen molar-refractivity contribution < 1.29 is 14.3 Å². The van der Waals surface area contributed by atoms with E-state index in [2.05, 4.69) is 10.4 Å². The lowest BCUT2D eigenvalue weighted by Gasteiger charge is -2.19. The van der Waals surface area contributed by atoms with Crippen LogP contribution in [0.25, 0.3) is 16.9 Å². The Morgan fingerprint density at radius 1 is 1.03 bits per heavy atom. The van der Waals surface area contributed by atoms with Crippen molar-refractivity contribution >= 4 is 11.9 Å². The van der Waals surface area contributed by atoms with Crippen LogP contribution >= 0.6 is 0 Å². The number of carbonyl (C=O) groups excluding carboxylic acids is 2. The summed E-state index contributed by atoms with van der Waals surface area (Å²) in [5, 5.41) is 7.31. The summed E-state index contributed by atoms with van der Waals surface area (Å²) in [6.45, 7) is 7.12. The second kappa shape index (κ2) is 8.31. The molecular formula is C23H25N3O3. The van der Waals surface area contributed by atoms with Gasteiger partial charge in [-0.15, -0.1) is 0 Å². The van der Waals surface area contributed by atoms with Gasteiger partial charge in [-0.25, -0.2) is 4.68 Å². The maximum Gasteiger partial charge on any atom is 0.325 e. The molecule has 0 saturated carbocycles. The molecule has 6 heteroatoms. The predicted octanol–water partition coefficient (Wildman–Crippen LogP) is 3.92. The van der Waals surface area contributed by atoms with Crippen LogP contribution in [0.5, 0.6) is 0 Å². The Morgan fingerprint density at radius 2 is 1.69 bits per heavy atom. The summed E-state index contributed by atoms with van der Waals surface area (Å²) in [4.78, 5) is 24.9. The van der Waals surface area contributed by atoms with Gasteiger partial charge in [0.25, 0.3) is 5.91 Å². The standard InChI is InChI=1S/C23H25N3O3/c1-16-10-8-9-13-18(16)21-19(15-26(25-21)17-11-6-5-7-12-17)22(28)24-14-20(27)29-23(2,3)4/h5-13,15H,14H2,1-4H3,(H,24,28). The summed E-state index contributed by atoms with van der Waals surface area (Å²) in [6.07, 6.45) is 1.68. The van der Waals surface area contributed by atoms with Gasteiger partial charge in [-0.3, -0.25) is 9.59 Å². The van der Waals surface area contributed by atoms with Gasteiger partial charge in [0.05, 0.1) is 11.3 Å². The number of esters is 1. The highest BCUT2D eigenvalue weighted by molar-refractivity contribution is 6.01. The quantitative estimate of drug-likeness (QED) is 0.669. The third-order valence-corrected chi connectivity index (χ3v) is 4.19. The fraction of sp³-hybridized carbons (Fsp3) is 0.261. The third kappa shape index (κ3) is 5.10. The summed E-state index contributed by atoms with van der Waals surface area (Å²) < 4.78 is 6.93. The van der Waals surface area contributed by atoms with Crippen LogP contribution in [0.2, 0.25) is 0 Å². The Kier molecular flexibility index (Phi) is 5.82. The summed E-state index contributed by atoms with van der Waals surface area (Å²) >= 11 is 0. The van der Waals surface area contributed by atoms with Gasteiger partial charge in [0, 0.05) is 11.8 Å². The van der Waals surface area contributed by atoms with Crippen molar-refractivity contribution in [2.75, 3.05) is 6.54 Å². The third-order valence-electron chi connectivity index (χ3n) is 4.19. The van der Waals surface area contributed by atoms with E-state index in [9.17, 15) is 9.59 Å². The number of nitrogens with zero attached hydrogens (tertiary/aromatic N) is 2. The molecule has 0 bridgehead atoms. The molecule has 0 saturated heterocycles. The topological polar surface area (TPSA) is 73.2 Å². The summed E-state index contributed by atoms with van der Waals surface area (Å²) in [7, 11) is 0. The van der Waals surface area contributed by atoms with Gasteiger partial charge >= 0.3 is 5.97 Å². The van der Waals surface area contributed by atoms with Gasteiger partial charge in [-0.05, 0) is 45.4 Å². The Morgan fingerprint density at radius 3 is 2.34 bits per heavy atom. The molecule has 29 heavy (non-hydrogen) atoms. The summed E-state index contributed by atoms with van der Waals surface area (Å²) in [6, 6.07) is 17.3. The molecule has 0 fully saturated rings. The number of amides is 1. The van der Waals surface area contributed by atoms with E-state index in [0.29, 0.717) is 11.3 Å². The number of carbonyl (C=O) groups is 2. The van der Waals surface area contributed by atoms with Crippen LogP contribution in [0.15, 0.2) is 60.8 Å². The molecule has 0 radical (unpaired) electrons. The minimum atomic E-state index is -0.605. The first-order valence-electron chi connectivity index (χ1n) is 9.46. The molecule has 0 aliphatic heterocycles. The molecule has 1 amide bonds. The second-order valence-electron chi connectivity index (χ2n) is 7.76. The highest BCUT2D eigenvalue weighted by Gasteiger charge is 2.22. The molecule has 3 rings (SSSR count). The van der Waals surface area contributed by atoms with Gasteiger partial charge in [0.15, 0.2) is 0 Å². The number of aryl methyl sites for hydroxylation is 1. The number of para-hydroxylation sites is 1. The highest BCUT2D eigenvalue weighted by atomic mass is 16.6. The zero-order chi connectivity index (χ0) is 21.0. The van der Waals surface area contributed by atoms with Crippen molar-refractivity contribution in [3.63, 3.8) is 0 Å². The number of ether oxygens (including phenoxy) is 1. The molecule has 6 nitrogen and oxygen atoms in total. The van der Waals surface area contributed by atoms with Crippen LogP contribution in [0.3, 0.4) is 0 Å². The lowest BCUT2D eigenvalue weighted by Crippen LogP contribution is -2.34. The van der Waals surface area contributed by atoms with E-state index in [1.165, 1.54) is 0 Å². The Hall–Kier alpha value is -3.41. The van der Waals surface area contributed by atoms with E-state index < -0.39 is 11.6 Å². The van der Waals surface area contributed by atoms with Gasteiger partial charge in [0.2, 0.25) is 0 Å². The summed E-state index contributed by atoms with van der Waals surface area (Å²) in [5.74, 6) is -0.866. The first-order chi connectivity index (χ1) is 13.7. The monoisotopic (exact) mass is 391 g/mol. The molecule has 1 heterocycles. The number of aromatic nitrogens is 2. The lowest BCUT2D eigenvalue weighted by atomic mass is 10.0. The zero-order valence-electron chi connectivity index (χ0n) is 17.1. The first-order valence-corrected chi connectivity index (χ1v) is 9.46. The van der Waals surface area contributed by atoms with Crippen LogP contribution in [0, 0.1) is 6.92 Å². The van der Waals surface area contributed by atoms with E-state index in [4.69, 9.17) is 4.74 Å². The van der Waals surface area contributed by atoms with Crippen molar-refractivity contribution in [2.24, 2.45) is 0 Å². The van der Waals surface area contributed by atoms with Gasteiger partial charge in [-0.2, -0.15) is 5.10 Å². The average molecular weight is 391 g/mol. The number of rotatable bonds is 5.